The van der Waals surface area contributed by atoms with Gasteiger partial charge in [-0.2, -0.15) is 0 Å². The van der Waals surface area contributed by atoms with Crippen LogP contribution in [0.2, 0.25) is 36.3 Å². The quantitative estimate of drug-likeness (QED) is 0.0823. The first-order valence-corrected chi connectivity index (χ1v) is 25.2. The van der Waals surface area contributed by atoms with Crippen molar-refractivity contribution in [3.8, 4) is 0 Å². The summed E-state index contributed by atoms with van der Waals surface area (Å²) in [5, 5.41) is -0.0333. The summed E-state index contributed by atoms with van der Waals surface area (Å²) in [6.07, 6.45) is 16.7. The zero-order valence-electron chi connectivity index (χ0n) is 34.4. The van der Waals surface area contributed by atoms with E-state index in [1.54, 1.807) is 5.57 Å². The summed E-state index contributed by atoms with van der Waals surface area (Å²) in [6.45, 7) is 38.2. The number of ether oxygens (including phenoxy) is 2. The Labute approximate surface area is 304 Å². The van der Waals surface area contributed by atoms with E-state index < -0.39 is 28.0 Å². The minimum Gasteiger partial charge on any atom is -0.458 e. The van der Waals surface area contributed by atoms with Crippen molar-refractivity contribution in [1.82, 2.24) is 0 Å². The second kappa shape index (κ2) is 15.4. The Balaban J connectivity index is 2.08. The van der Waals surface area contributed by atoms with Crippen molar-refractivity contribution in [2.75, 3.05) is 6.61 Å². The number of allylic oxidation sites excluding steroid dienone is 5. The van der Waals surface area contributed by atoms with Crippen LogP contribution in [0.15, 0.2) is 47.1 Å². The second-order valence-corrected chi connectivity index (χ2v) is 28.7. The molecule has 7 heteroatoms. The van der Waals surface area contributed by atoms with Crippen LogP contribution in [-0.2, 0) is 23.1 Å². The Morgan fingerprint density at radius 1 is 1.00 bits per heavy atom. The molecule has 0 aromatic rings. The van der Waals surface area contributed by atoms with Gasteiger partial charge < -0.3 is 18.3 Å². The fraction of sp³-hybridized carbons (Fsp3) is 0.786. The number of fused-ring (bicyclic) bond motifs is 1. The Morgan fingerprint density at radius 2 is 1.63 bits per heavy atom. The van der Waals surface area contributed by atoms with Gasteiger partial charge in [0.15, 0.2) is 22.4 Å². The van der Waals surface area contributed by atoms with E-state index >= 15 is 0 Å². The molecule has 0 aromatic carbocycles. The van der Waals surface area contributed by atoms with Crippen molar-refractivity contribution in [2.45, 2.75) is 194 Å². The lowest BCUT2D eigenvalue weighted by molar-refractivity contribution is -0.219. The molecule has 0 amide bonds. The van der Waals surface area contributed by atoms with Gasteiger partial charge in [-0.1, -0.05) is 105 Å². The number of carbonyl (C=O) groups is 1. The minimum absolute atomic E-state index is 0.0211. The van der Waals surface area contributed by atoms with Crippen LogP contribution in [0.5, 0.6) is 0 Å². The highest BCUT2D eigenvalue weighted by molar-refractivity contribution is 6.74. The molecule has 5 nitrogen and oxygen atoms in total. The summed E-state index contributed by atoms with van der Waals surface area (Å²) >= 11 is 0. The van der Waals surface area contributed by atoms with Gasteiger partial charge in [-0.3, -0.25) is 0 Å². The van der Waals surface area contributed by atoms with Gasteiger partial charge in [0.25, 0.3) is 0 Å². The van der Waals surface area contributed by atoms with Gasteiger partial charge in [0.2, 0.25) is 0 Å². The summed E-state index contributed by atoms with van der Waals surface area (Å²) in [5.41, 5.74) is 5.00. The van der Waals surface area contributed by atoms with Gasteiger partial charge in [-0.05, 0) is 118 Å². The van der Waals surface area contributed by atoms with E-state index in [-0.39, 0.29) is 34.2 Å². The average Bonchev–Trinajstić information content (AvgIpc) is 3.31. The maximum absolute atomic E-state index is 13.4. The molecule has 1 unspecified atom stereocenters. The first-order valence-electron chi connectivity index (χ1n) is 19.3. The molecule has 49 heavy (non-hydrogen) atoms. The maximum atomic E-state index is 13.4. The van der Waals surface area contributed by atoms with Crippen molar-refractivity contribution >= 4 is 22.6 Å². The highest BCUT2D eigenvalue weighted by Gasteiger charge is 2.52. The molecule has 3 aliphatic carbocycles. The van der Waals surface area contributed by atoms with Crippen molar-refractivity contribution in [1.29, 1.82) is 0 Å². The molecule has 0 N–H and O–H groups in total. The SMILES string of the molecule is C=C1C(=CC=C2CCC[C@]3(C)C(CC)=CC[C@@H]23)C[C@](OCC(=O)OC(C)(C)CCCC)(O[Si](C)(C)C(C)(C)C)CC1O[Si](C)(C)C(C)(C)C. The van der Waals surface area contributed by atoms with E-state index in [4.69, 9.17) is 24.9 Å². The van der Waals surface area contributed by atoms with E-state index in [0.29, 0.717) is 18.8 Å². The molecule has 0 aliphatic heterocycles. The third-order valence-corrected chi connectivity index (χ3v) is 21.8. The third kappa shape index (κ3) is 10.00. The smallest absolute Gasteiger partial charge is 0.332 e. The van der Waals surface area contributed by atoms with Crippen LogP contribution in [0.3, 0.4) is 0 Å². The Bertz CT molecular complexity index is 1290. The molecule has 0 saturated heterocycles. The molecule has 0 heterocycles. The summed E-state index contributed by atoms with van der Waals surface area (Å²) in [7, 11) is -4.58. The van der Waals surface area contributed by atoms with Gasteiger partial charge in [0, 0.05) is 12.8 Å². The standard InChI is InChI=1S/C42H74O5Si2/c1-17-19-26-40(10,11)45-37(43)30-44-42(47-49(15,16)39(7,8)9)28-33(31(3)36(29-42)46-48(13,14)38(4,5)6)23-22-32-21-20-27-41(12)34(18-2)24-25-35(32)41/h22-24,35-36H,3,17-21,25-30H2,1-2,4-16H3/t35-,36?,41+,42-/m0/s1. The van der Waals surface area contributed by atoms with Crippen molar-refractivity contribution < 1.29 is 23.1 Å². The van der Waals surface area contributed by atoms with Crippen molar-refractivity contribution in [3.63, 3.8) is 0 Å². The van der Waals surface area contributed by atoms with Crippen LogP contribution in [0, 0.1) is 11.3 Å². The van der Waals surface area contributed by atoms with Crippen LogP contribution in [0.1, 0.15) is 140 Å². The van der Waals surface area contributed by atoms with E-state index in [1.807, 2.05) is 13.8 Å². The van der Waals surface area contributed by atoms with Gasteiger partial charge in [0.1, 0.15) is 12.2 Å². The lowest BCUT2D eigenvalue weighted by atomic mass is 9.64. The van der Waals surface area contributed by atoms with Crippen LogP contribution in [-0.4, -0.2) is 46.7 Å². The second-order valence-electron chi connectivity index (χ2n) is 19.2. The summed E-state index contributed by atoms with van der Waals surface area (Å²) in [4.78, 5) is 13.4. The van der Waals surface area contributed by atoms with E-state index in [9.17, 15) is 4.79 Å². The maximum Gasteiger partial charge on any atom is 0.332 e. The number of hydrogen-bond acceptors (Lipinski definition) is 5. The minimum atomic E-state index is -2.37. The van der Waals surface area contributed by atoms with Crippen LogP contribution < -0.4 is 0 Å². The number of esters is 1. The molecule has 2 fully saturated rings. The fourth-order valence-corrected chi connectivity index (χ4v) is 10.3. The lowest BCUT2D eigenvalue weighted by Gasteiger charge is -2.51. The summed E-state index contributed by atoms with van der Waals surface area (Å²) in [6, 6.07) is 0. The molecule has 3 rings (SSSR count). The number of hydrogen-bond donors (Lipinski definition) is 0. The fourth-order valence-electron chi connectivity index (χ4n) is 7.58. The molecule has 0 bridgehead atoms. The Hall–Kier alpha value is -1.26. The molecule has 0 aromatic heterocycles. The summed E-state index contributed by atoms with van der Waals surface area (Å²) in [5.74, 6) is -0.834. The molecular weight excluding hydrogens is 641 g/mol. The summed E-state index contributed by atoms with van der Waals surface area (Å²) < 4.78 is 27.3. The number of unbranched alkanes of at least 4 members (excludes halogenated alkanes) is 1. The molecular formula is C42H74O5Si2. The topological polar surface area (TPSA) is 54.0 Å². The third-order valence-electron chi connectivity index (χ3n) is 12.8. The highest BCUT2D eigenvalue weighted by atomic mass is 28.4. The lowest BCUT2D eigenvalue weighted by Crippen LogP contribution is -2.56. The average molecular weight is 715 g/mol. The predicted octanol–water partition coefficient (Wildman–Crippen LogP) is 12.4. The molecule has 0 spiro atoms. The first-order chi connectivity index (χ1) is 22.3. The van der Waals surface area contributed by atoms with E-state index in [2.05, 4.69) is 107 Å². The Kier molecular flexibility index (Phi) is 13.2. The Morgan fingerprint density at radius 3 is 2.20 bits per heavy atom. The van der Waals surface area contributed by atoms with Gasteiger partial charge >= 0.3 is 5.97 Å². The molecule has 2 saturated carbocycles. The van der Waals surface area contributed by atoms with Crippen LogP contribution in [0.25, 0.3) is 0 Å². The highest BCUT2D eigenvalue weighted by Crippen LogP contribution is 2.56. The zero-order valence-corrected chi connectivity index (χ0v) is 36.4. The largest absolute Gasteiger partial charge is 0.458 e. The predicted molar refractivity (Wildman–Crippen MR) is 212 cm³/mol. The molecule has 0 radical (unpaired) electrons. The first kappa shape index (κ1) is 42.2. The van der Waals surface area contributed by atoms with Crippen LogP contribution in [0.4, 0.5) is 0 Å². The van der Waals surface area contributed by atoms with Crippen molar-refractivity contribution in [2.24, 2.45) is 11.3 Å². The monoisotopic (exact) mass is 715 g/mol. The molecule has 3 aliphatic rings. The molecule has 280 valence electrons. The molecule has 4 atom stereocenters. The number of rotatable bonds is 13. The van der Waals surface area contributed by atoms with E-state index in [0.717, 1.165) is 49.7 Å². The normalized spacial score (nSPS) is 29.0. The van der Waals surface area contributed by atoms with Gasteiger partial charge in [-0.15, -0.1) is 0 Å². The van der Waals surface area contributed by atoms with Crippen LogP contribution >= 0.6 is 0 Å². The zero-order chi connectivity index (χ0) is 37.3. The van der Waals surface area contributed by atoms with E-state index in [1.165, 1.54) is 18.4 Å². The van der Waals surface area contributed by atoms with Crippen molar-refractivity contribution in [3.05, 3.63) is 47.1 Å². The van der Waals surface area contributed by atoms with Gasteiger partial charge in [-0.25, -0.2) is 4.79 Å². The van der Waals surface area contributed by atoms with Gasteiger partial charge in [0.05, 0.1) is 6.10 Å². The number of carbonyl (C=O) groups excluding carboxylic acids is 1.